The van der Waals surface area contributed by atoms with Crippen LogP contribution in [0.3, 0.4) is 0 Å². The number of amides is 2. The molecule has 6 nitrogen and oxygen atoms in total. The van der Waals surface area contributed by atoms with Gasteiger partial charge in [0.05, 0.1) is 6.26 Å². The van der Waals surface area contributed by atoms with Crippen LogP contribution in [-0.4, -0.2) is 60.4 Å². The number of furan rings is 1. The van der Waals surface area contributed by atoms with E-state index in [1.807, 2.05) is 0 Å². The second kappa shape index (κ2) is 9.21. The third-order valence-electron chi connectivity index (χ3n) is 5.44. The number of carbonyl (C=O) groups excluding carboxylic acids is 2. The molecule has 2 aliphatic rings. The van der Waals surface area contributed by atoms with Crippen molar-refractivity contribution < 1.29 is 14.0 Å². The highest BCUT2D eigenvalue weighted by Crippen LogP contribution is 2.20. The van der Waals surface area contributed by atoms with Gasteiger partial charge in [-0.2, -0.15) is 0 Å². The molecule has 1 N–H and O–H groups in total. The monoisotopic (exact) mass is 361 g/mol. The molecule has 0 spiro atoms. The number of likely N-dealkylation sites (tertiary alicyclic amines) is 2. The lowest BCUT2D eigenvalue weighted by Crippen LogP contribution is -2.52. The van der Waals surface area contributed by atoms with E-state index in [0.29, 0.717) is 24.8 Å². The Labute approximate surface area is 155 Å². The highest BCUT2D eigenvalue weighted by atomic mass is 16.3. The first-order valence-corrected chi connectivity index (χ1v) is 9.99. The maximum absolute atomic E-state index is 12.7. The average molecular weight is 361 g/mol. The SMILES string of the molecule is CC(CNC(=O)C1CCCCN1C(=O)c1ccco1)CN1CCCCC1. The smallest absolute Gasteiger partial charge is 0.290 e. The van der Waals surface area contributed by atoms with Gasteiger partial charge in [0, 0.05) is 19.6 Å². The van der Waals surface area contributed by atoms with Crippen molar-refractivity contribution in [2.24, 2.45) is 5.92 Å². The second-order valence-electron chi connectivity index (χ2n) is 7.70. The van der Waals surface area contributed by atoms with Gasteiger partial charge in [-0.05, 0) is 63.2 Å². The van der Waals surface area contributed by atoms with E-state index in [1.54, 1.807) is 17.0 Å². The Morgan fingerprint density at radius 2 is 1.96 bits per heavy atom. The predicted octanol–water partition coefficient (Wildman–Crippen LogP) is 2.51. The molecule has 3 rings (SSSR count). The summed E-state index contributed by atoms with van der Waals surface area (Å²) in [6.07, 6.45) is 8.02. The van der Waals surface area contributed by atoms with Crippen LogP contribution in [0.2, 0.25) is 0 Å². The van der Waals surface area contributed by atoms with Crippen LogP contribution in [0.4, 0.5) is 0 Å². The number of carbonyl (C=O) groups is 2. The summed E-state index contributed by atoms with van der Waals surface area (Å²) in [5.41, 5.74) is 0. The molecule has 0 aliphatic carbocycles. The van der Waals surface area contributed by atoms with Crippen molar-refractivity contribution in [3.8, 4) is 0 Å². The molecule has 0 radical (unpaired) electrons. The van der Waals surface area contributed by atoms with E-state index in [9.17, 15) is 9.59 Å². The Kier molecular flexibility index (Phi) is 6.72. The fraction of sp³-hybridized carbons (Fsp3) is 0.700. The largest absolute Gasteiger partial charge is 0.459 e. The number of nitrogens with one attached hydrogen (secondary N) is 1. The van der Waals surface area contributed by atoms with E-state index < -0.39 is 0 Å². The number of rotatable bonds is 6. The van der Waals surface area contributed by atoms with E-state index >= 15 is 0 Å². The Bertz CT molecular complexity index is 581. The van der Waals surface area contributed by atoms with E-state index in [-0.39, 0.29) is 17.9 Å². The number of nitrogens with zero attached hydrogens (tertiary/aromatic N) is 2. The van der Waals surface area contributed by atoms with E-state index in [0.717, 1.165) is 25.8 Å². The van der Waals surface area contributed by atoms with Crippen molar-refractivity contribution in [2.75, 3.05) is 32.7 Å². The van der Waals surface area contributed by atoms with Gasteiger partial charge in [0.25, 0.3) is 5.91 Å². The number of hydrogen-bond acceptors (Lipinski definition) is 4. The lowest BCUT2D eigenvalue weighted by atomic mass is 10.0. The molecular formula is C20H31N3O3. The fourth-order valence-electron chi connectivity index (χ4n) is 4.03. The van der Waals surface area contributed by atoms with Crippen LogP contribution < -0.4 is 5.32 Å². The summed E-state index contributed by atoms with van der Waals surface area (Å²) >= 11 is 0. The zero-order valence-corrected chi connectivity index (χ0v) is 15.8. The minimum atomic E-state index is -0.386. The molecule has 26 heavy (non-hydrogen) atoms. The van der Waals surface area contributed by atoms with Gasteiger partial charge in [-0.15, -0.1) is 0 Å². The van der Waals surface area contributed by atoms with Crippen LogP contribution in [0.5, 0.6) is 0 Å². The third kappa shape index (κ3) is 4.87. The molecular weight excluding hydrogens is 330 g/mol. The standard InChI is InChI=1S/C20H31N3O3/c1-16(15-22-10-4-2-5-11-22)14-21-19(24)17-8-3-6-12-23(17)20(25)18-9-7-13-26-18/h7,9,13,16-17H,2-6,8,10-12,14-15H2,1H3,(H,21,24). The van der Waals surface area contributed by atoms with Crippen LogP contribution in [0, 0.1) is 5.92 Å². The van der Waals surface area contributed by atoms with Crippen LogP contribution in [0.25, 0.3) is 0 Å². The molecule has 0 bridgehead atoms. The quantitative estimate of drug-likeness (QED) is 0.845. The third-order valence-corrected chi connectivity index (χ3v) is 5.44. The van der Waals surface area contributed by atoms with Crippen molar-refractivity contribution in [1.29, 1.82) is 0 Å². The molecule has 2 saturated heterocycles. The molecule has 0 aromatic carbocycles. The fourth-order valence-corrected chi connectivity index (χ4v) is 4.03. The molecule has 2 unspecified atom stereocenters. The van der Waals surface area contributed by atoms with E-state index in [4.69, 9.17) is 4.42 Å². The Balaban J connectivity index is 1.50. The van der Waals surface area contributed by atoms with Crippen molar-refractivity contribution in [3.63, 3.8) is 0 Å². The summed E-state index contributed by atoms with van der Waals surface area (Å²) < 4.78 is 5.23. The Morgan fingerprint density at radius 3 is 2.69 bits per heavy atom. The summed E-state index contributed by atoms with van der Waals surface area (Å²) in [5.74, 6) is 0.504. The molecule has 2 fully saturated rings. The molecule has 2 atom stereocenters. The maximum atomic E-state index is 12.7. The van der Waals surface area contributed by atoms with Gasteiger partial charge < -0.3 is 19.5 Å². The first kappa shape index (κ1) is 19.0. The van der Waals surface area contributed by atoms with Crippen LogP contribution in [0.1, 0.15) is 56.0 Å². The Hall–Kier alpha value is -1.82. The summed E-state index contributed by atoms with van der Waals surface area (Å²) in [7, 11) is 0. The molecule has 144 valence electrons. The summed E-state index contributed by atoms with van der Waals surface area (Å²) in [4.78, 5) is 29.5. The molecule has 2 amide bonds. The minimum Gasteiger partial charge on any atom is -0.459 e. The minimum absolute atomic E-state index is 0.0323. The average Bonchev–Trinajstić information content (AvgIpc) is 3.21. The highest BCUT2D eigenvalue weighted by Gasteiger charge is 2.33. The zero-order valence-electron chi connectivity index (χ0n) is 15.8. The molecule has 1 aromatic heterocycles. The first-order chi connectivity index (χ1) is 12.6. The van der Waals surface area contributed by atoms with Gasteiger partial charge in [-0.3, -0.25) is 9.59 Å². The van der Waals surface area contributed by atoms with Gasteiger partial charge in [0.1, 0.15) is 6.04 Å². The molecule has 6 heteroatoms. The van der Waals surface area contributed by atoms with Crippen molar-refractivity contribution >= 4 is 11.8 Å². The van der Waals surface area contributed by atoms with Crippen LogP contribution >= 0.6 is 0 Å². The number of piperidine rings is 2. The summed E-state index contributed by atoms with van der Waals surface area (Å²) in [6.45, 7) is 6.83. The molecule has 3 heterocycles. The second-order valence-corrected chi connectivity index (χ2v) is 7.70. The lowest BCUT2D eigenvalue weighted by Gasteiger charge is -2.34. The van der Waals surface area contributed by atoms with Gasteiger partial charge in [0.2, 0.25) is 5.91 Å². The molecule has 0 saturated carbocycles. The Morgan fingerprint density at radius 1 is 1.19 bits per heavy atom. The molecule has 1 aromatic rings. The van der Waals surface area contributed by atoms with Gasteiger partial charge in [-0.25, -0.2) is 0 Å². The van der Waals surface area contributed by atoms with E-state index in [2.05, 4.69) is 17.1 Å². The maximum Gasteiger partial charge on any atom is 0.290 e. The van der Waals surface area contributed by atoms with Crippen molar-refractivity contribution in [1.82, 2.24) is 15.1 Å². The predicted molar refractivity (Wildman–Crippen MR) is 99.8 cm³/mol. The summed E-state index contributed by atoms with van der Waals surface area (Å²) in [5, 5.41) is 3.08. The van der Waals surface area contributed by atoms with Gasteiger partial charge in [-0.1, -0.05) is 13.3 Å². The first-order valence-electron chi connectivity index (χ1n) is 9.99. The van der Waals surface area contributed by atoms with Gasteiger partial charge in [0.15, 0.2) is 5.76 Å². The topological polar surface area (TPSA) is 65.8 Å². The lowest BCUT2D eigenvalue weighted by molar-refractivity contribution is -0.126. The van der Waals surface area contributed by atoms with Crippen molar-refractivity contribution in [2.45, 2.75) is 51.5 Å². The molecule has 2 aliphatic heterocycles. The van der Waals surface area contributed by atoms with E-state index in [1.165, 1.54) is 38.6 Å². The number of hydrogen-bond donors (Lipinski definition) is 1. The highest BCUT2D eigenvalue weighted by molar-refractivity contribution is 5.95. The van der Waals surface area contributed by atoms with Crippen molar-refractivity contribution in [3.05, 3.63) is 24.2 Å². The zero-order chi connectivity index (χ0) is 18.4. The van der Waals surface area contributed by atoms with Crippen LogP contribution in [0.15, 0.2) is 22.8 Å². The normalized spacial score (nSPS) is 22.8. The van der Waals surface area contributed by atoms with Gasteiger partial charge >= 0.3 is 0 Å². The van der Waals surface area contributed by atoms with Crippen LogP contribution in [-0.2, 0) is 4.79 Å². The summed E-state index contributed by atoms with van der Waals surface area (Å²) in [6, 6.07) is 2.98.